The Labute approximate surface area is 149 Å². The maximum absolute atomic E-state index is 13.6. The van der Waals surface area contributed by atoms with Crippen molar-refractivity contribution >= 4 is 5.78 Å². The van der Waals surface area contributed by atoms with Crippen LogP contribution in [0.15, 0.2) is 36.4 Å². The molecule has 3 atom stereocenters. The van der Waals surface area contributed by atoms with Crippen molar-refractivity contribution in [1.82, 2.24) is 0 Å². The largest absolute Gasteiger partial charge is 0.497 e. The molecule has 0 aromatic heterocycles. The summed E-state index contributed by atoms with van der Waals surface area (Å²) in [6.45, 7) is 6.53. The zero-order valence-corrected chi connectivity index (χ0v) is 15.5. The number of carbonyl (C=O) groups is 1. The van der Waals surface area contributed by atoms with Crippen molar-refractivity contribution in [3.8, 4) is 11.5 Å². The molecule has 3 nitrogen and oxygen atoms in total. The van der Waals surface area contributed by atoms with Gasteiger partial charge < -0.3 is 9.47 Å². The second-order valence-corrected chi connectivity index (χ2v) is 7.71. The Bertz CT molecular complexity index is 885. The number of hydrogen-bond acceptors (Lipinski definition) is 3. The third kappa shape index (κ3) is 1.79. The minimum atomic E-state index is -0.497. The van der Waals surface area contributed by atoms with Crippen LogP contribution in [0.4, 0.5) is 0 Å². The standard InChI is InChI=1S/C22H24O3/c1-13-16-9-7-6-8-14(16)12-21(2)19-17(20(23)22(13,21)3)10-15(24-4)11-18(19)25-5/h6-11,13H,12H2,1-5H3/t13-,21+,22-/m0/s1. The summed E-state index contributed by atoms with van der Waals surface area (Å²) in [5.41, 5.74) is 3.60. The van der Waals surface area contributed by atoms with E-state index in [0.29, 0.717) is 5.75 Å². The Hall–Kier alpha value is -2.29. The van der Waals surface area contributed by atoms with Gasteiger partial charge in [-0.05, 0) is 29.5 Å². The van der Waals surface area contributed by atoms with Gasteiger partial charge in [0.25, 0.3) is 0 Å². The van der Waals surface area contributed by atoms with E-state index in [-0.39, 0.29) is 17.1 Å². The number of hydrogen-bond donors (Lipinski definition) is 0. The molecular formula is C22H24O3. The summed E-state index contributed by atoms with van der Waals surface area (Å²) in [6, 6.07) is 12.3. The molecule has 2 aliphatic rings. The minimum Gasteiger partial charge on any atom is -0.497 e. The van der Waals surface area contributed by atoms with E-state index in [1.165, 1.54) is 11.1 Å². The zero-order valence-electron chi connectivity index (χ0n) is 15.5. The molecule has 3 heteroatoms. The lowest BCUT2D eigenvalue weighted by molar-refractivity contribution is 0.0623. The first-order valence-electron chi connectivity index (χ1n) is 8.77. The molecule has 0 saturated heterocycles. The lowest BCUT2D eigenvalue weighted by atomic mass is 9.52. The molecule has 0 bridgehead atoms. The smallest absolute Gasteiger partial charge is 0.170 e. The van der Waals surface area contributed by atoms with Gasteiger partial charge in [0.05, 0.1) is 14.2 Å². The summed E-state index contributed by atoms with van der Waals surface area (Å²) in [5, 5.41) is 0. The lowest BCUT2D eigenvalue weighted by Gasteiger charge is -2.49. The highest BCUT2D eigenvalue weighted by molar-refractivity contribution is 6.08. The molecule has 0 fully saturated rings. The van der Waals surface area contributed by atoms with Gasteiger partial charge in [0.15, 0.2) is 5.78 Å². The number of rotatable bonds is 2. The fourth-order valence-corrected chi connectivity index (χ4v) is 5.16. The summed E-state index contributed by atoms with van der Waals surface area (Å²) < 4.78 is 11.1. The summed E-state index contributed by atoms with van der Waals surface area (Å²) in [7, 11) is 3.29. The first-order valence-corrected chi connectivity index (χ1v) is 8.77. The molecule has 4 rings (SSSR count). The fraction of sp³-hybridized carbons (Fsp3) is 0.409. The van der Waals surface area contributed by atoms with Gasteiger partial charge in [-0.15, -0.1) is 0 Å². The predicted molar refractivity (Wildman–Crippen MR) is 97.9 cm³/mol. The number of Topliss-reactive ketones (excluding diaryl/α,β-unsaturated/α-hetero) is 1. The molecule has 0 heterocycles. The monoisotopic (exact) mass is 336 g/mol. The molecule has 0 unspecified atom stereocenters. The Morgan fingerprint density at radius 2 is 1.80 bits per heavy atom. The van der Waals surface area contributed by atoms with Gasteiger partial charge in [-0.3, -0.25) is 4.79 Å². The van der Waals surface area contributed by atoms with E-state index in [2.05, 4.69) is 45.0 Å². The number of fused-ring (bicyclic) bond motifs is 4. The van der Waals surface area contributed by atoms with Gasteiger partial charge in [-0.1, -0.05) is 45.0 Å². The maximum Gasteiger partial charge on any atom is 0.170 e. The van der Waals surface area contributed by atoms with Gasteiger partial charge in [-0.2, -0.15) is 0 Å². The van der Waals surface area contributed by atoms with E-state index in [1.807, 2.05) is 12.1 Å². The second kappa shape index (κ2) is 5.10. The molecular weight excluding hydrogens is 312 g/mol. The van der Waals surface area contributed by atoms with E-state index >= 15 is 0 Å². The lowest BCUT2D eigenvalue weighted by Crippen LogP contribution is -2.49. The molecule has 0 saturated carbocycles. The molecule has 0 N–H and O–H groups in total. The van der Waals surface area contributed by atoms with E-state index in [4.69, 9.17) is 9.47 Å². The number of ketones is 1. The van der Waals surface area contributed by atoms with Crippen molar-refractivity contribution in [1.29, 1.82) is 0 Å². The normalized spacial score (nSPS) is 29.6. The van der Waals surface area contributed by atoms with Crippen molar-refractivity contribution in [3.63, 3.8) is 0 Å². The van der Waals surface area contributed by atoms with Crippen molar-refractivity contribution in [2.45, 2.75) is 38.5 Å². The molecule has 0 radical (unpaired) electrons. The van der Waals surface area contributed by atoms with Gasteiger partial charge >= 0.3 is 0 Å². The molecule has 2 aromatic rings. The van der Waals surface area contributed by atoms with E-state index in [0.717, 1.165) is 23.3 Å². The van der Waals surface area contributed by atoms with E-state index in [1.54, 1.807) is 14.2 Å². The SMILES string of the molecule is COc1cc(OC)c2c(c1)C(=O)[C@]1(C)[C@@H](C)c3ccccc3C[C@]21C. The quantitative estimate of drug-likeness (QED) is 0.808. The summed E-state index contributed by atoms with van der Waals surface area (Å²) in [5.74, 6) is 1.75. The van der Waals surface area contributed by atoms with Gasteiger partial charge in [0.1, 0.15) is 11.5 Å². The highest BCUT2D eigenvalue weighted by Gasteiger charge is 2.63. The van der Waals surface area contributed by atoms with Crippen LogP contribution >= 0.6 is 0 Å². The molecule has 2 aromatic carbocycles. The molecule has 0 aliphatic heterocycles. The van der Waals surface area contributed by atoms with Crippen LogP contribution in [0.1, 0.15) is 53.7 Å². The van der Waals surface area contributed by atoms with Crippen LogP contribution in [0, 0.1) is 5.41 Å². The van der Waals surface area contributed by atoms with E-state index in [9.17, 15) is 4.79 Å². The molecule has 130 valence electrons. The third-order valence-electron chi connectivity index (χ3n) is 6.88. The minimum absolute atomic E-state index is 0.137. The highest BCUT2D eigenvalue weighted by Crippen LogP contribution is 2.64. The topological polar surface area (TPSA) is 35.5 Å². The van der Waals surface area contributed by atoms with Crippen molar-refractivity contribution in [2.24, 2.45) is 5.41 Å². The van der Waals surface area contributed by atoms with Crippen LogP contribution in [0.25, 0.3) is 0 Å². The fourth-order valence-electron chi connectivity index (χ4n) is 5.16. The third-order valence-corrected chi connectivity index (χ3v) is 6.88. The first kappa shape index (κ1) is 16.2. The summed E-state index contributed by atoms with van der Waals surface area (Å²) in [4.78, 5) is 13.6. The molecule has 25 heavy (non-hydrogen) atoms. The molecule has 0 amide bonds. The predicted octanol–water partition coefficient (Wildman–Crippen LogP) is 4.52. The Morgan fingerprint density at radius 1 is 1.08 bits per heavy atom. The Morgan fingerprint density at radius 3 is 2.48 bits per heavy atom. The Kier molecular flexibility index (Phi) is 3.31. The zero-order chi connectivity index (χ0) is 18.0. The van der Waals surface area contributed by atoms with Crippen LogP contribution in [0.3, 0.4) is 0 Å². The van der Waals surface area contributed by atoms with Gasteiger partial charge in [0.2, 0.25) is 0 Å². The van der Waals surface area contributed by atoms with Crippen molar-refractivity contribution in [2.75, 3.05) is 14.2 Å². The van der Waals surface area contributed by atoms with Crippen LogP contribution in [-0.4, -0.2) is 20.0 Å². The van der Waals surface area contributed by atoms with Gasteiger partial charge in [0, 0.05) is 28.0 Å². The van der Waals surface area contributed by atoms with Crippen molar-refractivity contribution in [3.05, 3.63) is 58.7 Å². The number of ether oxygens (including phenoxy) is 2. The van der Waals surface area contributed by atoms with Crippen molar-refractivity contribution < 1.29 is 14.3 Å². The molecule has 2 aliphatic carbocycles. The van der Waals surface area contributed by atoms with E-state index < -0.39 is 5.41 Å². The second-order valence-electron chi connectivity index (χ2n) is 7.71. The number of carbonyl (C=O) groups excluding carboxylic acids is 1. The highest BCUT2D eigenvalue weighted by atomic mass is 16.5. The Balaban J connectivity index is 2.04. The molecule has 0 spiro atoms. The average molecular weight is 336 g/mol. The average Bonchev–Trinajstić information content (AvgIpc) is 2.80. The number of benzene rings is 2. The first-order chi connectivity index (χ1) is 11.9. The summed E-state index contributed by atoms with van der Waals surface area (Å²) in [6.07, 6.45) is 0.839. The van der Waals surface area contributed by atoms with Crippen LogP contribution in [0.2, 0.25) is 0 Å². The van der Waals surface area contributed by atoms with Gasteiger partial charge in [-0.25, -0.2) is 0 Å². The van der Waals surface area contributed by atoms with Crippen LogP contribution in [-0.2, 0) is 11.8 Å². The summed E-state index contributed by atoms with van der Waals surface area (Å²) >= 11 is 0. The van der Waals surface area contributed by atoms with Crippen LogP contribution < -0.4 is 9.47 Å². The van der Waals surface area contributed by atoms with Crippen LogP contribution in [0.5, 0.6) is 11.5 Å². The maximum atomic E-state index is 13.6. The number of methoxy groups -OCH3 is 2.